The SMILES string of the molecule is CNS(=O)(=O)c1cc(C(=O)NCC(C)(C)O)n(C)c1. The van der Waals surface area contributed by atoms with Crippen molar-refractivity contribution in [3.05, 3.63) is 18.0 Å². The minimum atomic E-state index is -3.58. The zero-order valence-corrected chi connectivity index (χ0v) is 12.2. The fourth-order valence-corrected chi connectivity index (χ4v) is 2.21. The van der Waals surface area contributed by atoms with Gasteiger partial charge >= 0.3 is 0 Å². The molecule has 108 valence electrons. The van der Waals surface area contributed by atoms with Crippen LogP contribution in [0.5, 0.6) is 0 Å². The first-order valence-electron chi connectivity index (χ1n) is 5.67. The van der Waals surface area contributed by atoms with E-state index in [1.807, 2.05) is 0 Å². The molecule has 0 aromatic carbocycles. The third-order valence-electron chi connectivity index (χ3n) is 2.47. The number of aromatic nitrogens is 1. The van der Waals surface area contributed by atoms with Crippen LogP contribution in [0.1, 0.15) is 24.3 Å². The third-order valence-corrected chi connectivity index (χ3v) is 3.85. The molecule has 0 saturated heterocycles. The number of carbonyl (C=O) groups excluding carboxylic acids is 1. The topological polar surface area (TPSA) is 100 Å². The second-order valence-corrected chi connectivity index (χ2v) is 6.76. The number of amides is 1. The van der Waals surface area contributed by atoms with Gasteiger partial charge in [-0.15, -0.1) is 0 Å². The van der Waals surface area contributed by atoms with Crippen molar-refractivity contribution in [3.8, 4) is 0 Å². The molecule has 0 radical (unpaired) electrons. The van der Waals surface area contributed by atoms with Gasteiger partial charge in [0.15, 0.2) is 0 Å². The molecule has 0 atom stereocenters. The predicted octanol–water partition coefficient (Wildman–Crippen LogP) is -0.566. The Labute approximate surface area is 112 Å². The van der Waals surface area contributed by atoms with Gasteiger partial charge in [-0.2, -0.15) is 0 Å². The second-order valence-electron chi connectivity index (χ2n) is 4.87. The molecule has 19 heavy (non-hydrogen) atoms. The van der Waals surface area contributed by atoms with E-state index in [1.165, 1.54) is 23.9 Å². The van der Waals surface area contributed by atoms with Crippen LogP contribution in [0, 0.1) is 0 Å². The number of hydrogen-bond acceptors (Lipinski definition) is 4. The fraction of sp³-hybridized carbons (Fsp3) is 0.545. The molecule has 0 unspecified atom stereocenters. The summed E-state index contributed by atoms with van der Waals surface area (Å²) in [6.45, 7) is 3.20. The molecule has 0 fully saturated rings. The number of rotatable bonds is 5. The van der Waals surface area contributed by atoms with Crippen molar-refractivity contribution in [1.82, 2.24) is 14.6 Å². The second kappa shape index (κ2) is 5.32. The van der Waals surface area contributed by atoms with Gasteiger partial charge in [-0.05, 0) is 27.0 Å². The van der Waals surface area contributed by atoms with Gasteiger partial charge in [0, 0.05) is 19.8 Å². The summed E-state index contributed by atoms with van der Waals surface area (Å²) < 4.78 is 26.8. The van der Waals surface area contributed by atoms with Crippen molar-refractivity contribution in [2.75, 3.05) is 13.6 Å². The van der Waals surface area contributed by atoms with Gasteiger partial charge in [0.25, 0.3) is 5.91 Å². The van der Waals surface area contributed by atoms with Gasteiger partial charge in [-0.1, -0.05) is 0 Å². The Kier molecular flexibility index (Phi) is 4.39. The molecule has 0 spiro atoms. The van der Waals surface area contributed by atoms with E-state index in [0.717, 1.165) is 0 Å². The Hall–Kier alpha value is -1.38. The van der Waals surface area contributed by atoms with Crippen LogP contribution in [0.25, 0.3) is 0 Å². The molecular formula is C11H19N3O4S. The Balaban J connectivity index is 2.94. The number of hydrogen-bond donors (Lipinski definition) is 3. The van der Waals surface area contributed by atoms with Crippen LogP contribution in [-0.2, 0) is 17.1 Å². The van der Waals surface area contributed by atoms with E-state index in [-0.39, 0.29) is 17.1 Å². The standard InChI is InChI=1S/C11H19N3O4S/c1-11(2,16)7-13-10(15)9-5-8(6-14(9)4)19(17,18)12-3/h5-6,12,16H,7H2,1-4H3,(H,13,15). The number of nitrogens with one attached hydrogen (secondary N) is 2. The summed E-state index contributed by atoms with van der Waals surface area (Å²) in [5.74, 6) is -0.442. The van der Waals surface area contributed by atoms with Gasteiger partial charge in [-0.25, -0.2) is 13.1 Å². The number of aryl methyl sites for hydroxylation is 1. The molecule has 8 heteroatoms. The van der Waals surface area contributed by atoms with Crippen molar-refractivity contribution in [2.24, 2.45) is 7.05 Å². The highest BCUT2D eigenvalue weighted by Crippen LogP contribution is 2.13. The molecule has 0 aliphatic carbocycles. The van der Waals surface area contributed by atoms with Crippen LogP contribution in [0.15, 0.2) is 17.2 Å². The molecule has 0 saturated carbocycles. The monoisotopic (exact) mass is 289 g/mol. The van der Waals surface area contributed by atoms with Gasteiger partial charge in [0.2, 0.25) is 10.0 Å². The summed E-state index contributed by atoms with van der Waals surface area (Å²) in [6, 6.07) is 1.28. The summed E-state index contributed by atoms with van der Waals surface area (Å²) in [5.41, 5.74) is -0.821. The first-order chi connectivity index (χ1) is 8.57. The Bertz CT molecular complexity index is 569. The molecular weight excluding hydrogens is 270 g/mol. The first-order valence-corrected chi connectivity index (χ1v) is 7.15. The lowest BCUT2D eigenvalue weighted by Gasteiger charge is -2.17. The lowest BCUT2D eigenvalue weighted by Crippen LogP contribution is -2.38. The molecule has 0 bridgehead atoms. The highest BCUT2D eigenvalue weighted by atomic mass is 32.2. The average molecular weight is 289 g/mol. The molecule has 1 aromatic heterocycles. The third kappa shape index (κ3) is 4.05. The maximum atomic E-state index is 11.9. The summed E-state index contributed by atoms with van der Waals surface area (Å²) >= 11 is 0. The van der Waals surface area contributed by atoms with Crippen molar-refractivity contribution in [2.45, 2.75) is 24.3 Å². The molecule has 1 aromatic rings. The van der Waals surface area contributed by atoms with Crippen LogP contribution in [0.2, 0.25) is 0 Å². The van der Waals surface area contributed by atoms with Crippen molar-refractivity contribution >= 4 is 15.9 Å². The maximum absolute atomic E-state index is 11.9. The normalized spacial score (nSPS) is 12.5. The molecule has 1 rings (SSSR count). The van der Waals surface area contributed by atoms with Crippen LogP contribution >= 0.6 is 0 Å². The Morgan fingerprint density at radius 1 is 1.47 bits per heavy atom. The minimum Gasteiger partial charge on any atom is -0.389 e. The highest BCUT2D eigenvalue weighted by Gasteiger charge is 2.20. The molecule has 1 heterocycles. The van der Waals surface area contributed by atoms with Crippen molar-refractivity contribution < 1.29 is 18.3 Å². The van der Waals surface area contributed by atoms with E-state index in [2.05, 4.69) is 10.0 Å². The van der Waals surface area contributed by atoms with E-state index >= 15 is 0 Å². The highest BCUT2D eigenvalue weighted by molar-refractivity contribution is 7.89. The first kappa shape index (κ1) is 15.7. The predicted molar refractivity (Wildman–Crippen MR) is 70.3 cm³/mol. The molecule has 1 amide bonds. The number of aliphatic hydroxyl groups is 1. The van der Waals surface area contributed by atoms with Crippen molar-refractivity contribution in [1.29, 1.82) is 0 Å². The average Bonchev–Trinajstić information content (AvgIpc) is 2.68. The van der Waals surface area contributed by atoms with Gasteiger partial charge in [-0.3, -0.25) is 4.79 Å². The maximum Gasteiger partial charge on any atom is 0.268 e. The molecule has 0 aliphatic heterocycles. The Morgan fingerprint density at radius 3 is 2.53 bits per heavy atom. The smallest absolute Gasteiger partial charge is 0.268 e. The summed E-state index contributed by atoms with van der Waals surface area (Å²) in [5, 5.41) is 12.1. The number of carbonyl (C=O) groups is 1. The van der Waals surface area contributed by atoms with E-state index in [1.54, 1.807) is 20.9 Å². The molecule has 7 nitrogen and oxygen atoms in total. The van der Waals surface area contributed by atoms with Crippen LogP contribution < -0.4 is 10.0 Å². The van der Waals surface area contributed by atoms with Crippen molar-refractivity contribution in [3.63, 3.8) is 0 Å². The molecule has 3 N–H and O–H groups in total. The van der Waals surface area contributed by atoms with E-state index in [0.29, 0.717) is 0 Å². The lowest BCUT2D eigenvalue weighted by atomic mass is 10.1. The van der Waals surface area contributed by atoms with E-state index in [9.17, 15) is 18.3 Å². The minimum absolute atomic E-state index is 0.0194. The van der Waals surface area contributed by atoms with Gasteiger partial charge < -0.3 is 15.0 Å². The zero-order chi connectivity index (χ0) is 14.8. The number of sulfonamides is 1. The quantitative estimate of drug-likeness (QED) is 0.676. The lowest BCUT2D eigenvalue weighted by molar-refractivity contribution is 0.0690. The van der Waals surface area contributed by atoms with Crippen LogP contribution in [0.4, 0.5) is 0 Å². The number of nitrogens with zero attached hydrogens (tertiary/aromatic N) is 1. The largest absolute Gasteiger partial charge is 0.389 e. The van der Waals surface area contributed by atoms with Crippen LogP contribution in [-0.4, -0.2) is 43.2 Å². The summed E-state index contributed by atoms with van der Waals surface area (Å²) in [7, 11) is -0.698. The van der Waals surface area contributed by atoms with Gasteiger partial charge in [0.05, 0.1) is 5.60 Å². The zero-order valence-electron chi connectivity index (χ0n) is 11.4. The van der Waals surface area contributed by atoms with Crippen LogP contribution in [0.3, 0.4) is 0 Å². The fourth-order valence-electron chi connectivity index (χ4n) is 1.41. The van der Waals surface area contributed by atoms with E-state index < -0.39 is 21.5 Å². The summed E-state index contributed by atoms with van der Waals surface area (Å²) in [6.07, 6.45) is 1.35. The summed E-state index contributed by atoms with van der Waals surface area (Å²) in [4.78, 5) is 11.9. The molecule has 0 aliphatic rings. The van der Waals surface area contributed by atoms with Gasteiger partial charge in [0.1, 0.15) is 10.6 Å². The Morgan fingerprint density at radius 2 is 2.05 bits per heavy atom. The van der Waals surface area contributed by atoms with E-state index in [4.69, 9.17) is 0 Å².